The molecule has 98 valence electrons. The summed E-state index contributed by atoms with van der Waals surface area (Å²) in [6, 6.07) is 6.33. The maximum Gasteiger partial charge on any atom is 0.330 e. The van der Waals surface area contributed by atoms with E-state index < -0.39 is 5.54 Å². The molecule has 1 aromatic carbocycles. The molecule has 0 bridgehead atoms. The molecule has 0 aromatic heterocycles. The SMILES string of the molecule is CCOC(=O)C(C)(NC1CC1)c1ccc(F)cc1. The second-order valence-corrected chi connectivity index (χ2v) is 4.77. The topological polar surface area (TPSA) is 38.3 Å². The third-order valence-electron chi connectivity index (χ3n) is 3.18. The minimum absolute atomic E-state index is 0.309. The van der Waals surface area contributed by atoms with Gasteiger partial charge in [0.1, 0.15) is 11.4 Å². The Morgan fingerprint density at radius 2 is 2.06 bits per heavy atom. The van der Waals surface area contributed by atoms with Crippen molar-refractivity contribution in [2.45, 2.75) is 38.3 Å². The Labute approximate surface area is 106 Å². The molecular weight excluding hydrogens is 233 g/mol. The minimum Gasteiger partial charge on any atom is -0.464 e. The number of hydrogen-bond acceptors (Lipinski definition) is 3. The summed E-state index contributed by atoms with van der Waals surface area (Å²) in [7, 11) is 0. The van der Waals surface area contributed by atoms with E-state index in [2.05, 4.69) is 5.32 Å². The Hall–Kier alpha value is -1.42. The second-order valence-electron chi connectivity index (χ2n) is 4.77. The number of carbonyl (C=O) groups excluding carboxylic acids is 1. The van der Waals surface area contributed by atoms with E-state index in [1.165, 1.54) is 12.1 Å². The number of carbonyl (C=O) groups is 1. The normalized spacial score (nSPS) is 18.2. The van der Waals surface area contributed by atoms with Gasteiger partial charge in [-0.2, -0.15) is 0 Å². The predicted octanol–water partition coefficient (Wildman–Crippen LogP) is 2.36. The smallest absolute Gasteiger partial charge is 0.330 e. The molecule has 1 unspecified atom stereocenters. The lowest BCUT2D eigenvalue weighted by atomic mass is 9.91. The van der Waals surface area contributed by atoms with Crippen molar-refractivity contribution in [1.29, 1.82) is 0 Å². The van der Waals surface area contributed by atoms with E-state index >= 15 is 0 Å². The molecule has 1 saturated carbocycles. The molecule has 1 atom stereocenters. The number of rotatable bonds is 5. The zero-order valence-electron chi connectivity index (χ0n) is 10.7. The fourth-order valence-corrected chi connectivity index (χ4v) is 1.95. The summed E-state index contributed by atoms with van der Waals surface area (Å²) in [5.41, 5.74) is -0.167. The van der Waals surface area contributed by atoms with Gasteiger partial charge >= 0.3 is 5.97 Å². The quantitative estimate of drug-likeness (QED) is 0.816. The van der Waals surface area contributed by atoms with E-state index in [1.807, 2.05) is 0 Å². The van der Waals surface area contributed by atoms with Crippen LogP contribution in [0.5, 0.6) is 0 Å². The molecule has 0 heterocycles. The zero-order valence-corrected chi connectivity index (χ0v) is 10.7. The average molecular weight is 251 g/mol. The summed E-state index contributed by atoms with van der Waals surface area (Å²) in [6.07, 6.45) is 2.13. The van der Waals surface area contributed by atoms with Crippen molar-refractivity contribution in [3.8, 4) is 0 Å². The number of esters is 1. The van der Waals surface area contributed by atoms with E-state index in [0.717, 1.165) is 18.4 Å². The van der Waals surface area contributed by atoms with Crippen LogP contribution < -0.4 is 5.32 Å². The standard InChI is InChI=1S/C14H18FNO2/c1-3-18-13(17)14(2,16-12-8-9-12)10-4-6-11(15)7-5-10/h4-7,12,16H,3,8-9H2,1-2H3. The molecule has 0 radical (unpaired) electrons. The Morgan fingerprint density at radius 3 is 2.56 bits per heavy atom. The molecule has 0 amide bonds. The molecule has 0 saturated heterocycles. The van der Waals surface area contributed by atoms with Crippen molar-refractivity contribution in [2.75, 3.05) is 6.61 Å². The monoisotopic (exact) mass is 251 g/mol. The minimum atomic E-state index is -0.898. The van der Waals surface area contributed by atoms with Crippen LogP contribution in [-0.4, -0.2) is 18.6 Å². The van der Waals surface area contributed by atoms with Crippen molar-refractivity contribution in [3.63, 3.8) is 0 Å². The van der Waals surface area contributed by atoms with Crippen LogP contribution in [0.25, 0.3) is 0 Å². The number of halogens is 1. The molecule has 1 aliphatic rings. The van der Waals surface area contributed by atoms with Crippen molar-refractivity contribution in [1.82, 2.24) is 5.32 Å². The van der Waals surface area contributed by atoms with Crippen molar-refractivity contribution in [2.24, 2.45) is 0 Å². The number of benzene rings is 1. The Bertz CT molecular complexity index is 428. The fraction of sp³-hybridized carbons (Fsp3) is 0.500. The molecule has 18 heavy (non-hydrogen) atoms. The molecule has 3 nitrogen and oxygen atoms in total. The Balaban J connectivity index is 2.27. The van der Waals surface area contributed by atoms with Crippen LogP contribution in [0.2, 0.25) is 0 Å². The van der Waals surface area contributed by atoms with Crippen LogP contribution in [0.4, 0.5) is 4.39 Å². The Morgan fingerprint density at radius 1 is 1.44 bits per heavy atom. The van der Waals surface area contributed by atoms with E-state index in [4.69, 9.17) is 4.74 Å². The first kappa shape index (κ1) is 13.0. The van der Waals surface area contributed by atoms with Gasteiger partial charge in [-0.25, -0.2) is 9.18 Å². The van der Waals surface area contributed by atoms with Gasteiger partial charge in [0.05, 0.1) is 6.61 Å². The highest BCUT2D eigenvalue weighted by atomic mass is 19.1. The van der Waals surface area contributed by atoms with Crippen LogP contribution in [-0.2, 0) is 15.1 Å². The lowest BCUT2D eigenvalue weighted by molar-refractivity contribution is -0.151. The number of ether oxygens (including phenoxy) is 1. The highest BCUT2D eigenvalue weighted by Gasteiger charge is 2.41. The molecule has 0 aliphatic heterocycles. The molecular formula is C14H18FNO2. The van der Waals surface area contributed by atoms with Crippen LogP contribution in [0.1, 0.15) is 32.3 Å². The van der Waals surface area contributed by atoms with Gasteiger partial charge in [0, 0.05) is 6.04 Å². The van der Waals surface area contributed by atoms with E-state index in [9.17, 15) is 9.18 Å². The lowest BCUT2D eigenvalue weighted by Gasteiger charge is -2.29. The number of hydrogen-bond donors (Lipinski definition) is 1. The highest BCUT2D eigenvalue weighted by Crippen LogP contribution is 2.29. The first-order valence-corrected chi connectivity index (χ1v) is 6.27. The van der Waals surface area contributed by atoms with E-state index in [1.54, 1.807) is 26.0 Å². The molecule has 1 aromatic rings. The zero-order chi connectivity index (χ0) is 13.2. The van der Waals surface area contributed by atoms with Gasteiger partial charge in [-0.15, -0.1) is 0 Å². The van der Waals surface area contributed by atoms with Gasteiger partial charge in [-0.3, -0.25) is 5.32 Å². The van der Waals surface area contributed by atoms with Crippen molar-refractivity contribution < 1.29 is 13.9 Å². The van der Waals surface area contributed by atoms with Crippen LogP contribution in [0.15, 0.2) is 24.3 Å². The summed E-state index contributed by atoms with van der Waals surface area (Å²) in [5.74, 6) is -0.625. The Kier molecular flexibility index (Phi) is 3.66. The summed E-state index contributed by atoms with van der Waals surface area (Å²) < 4.78 is 18.1. The summed E-state index contributed by atoms with van der Waals surface area (Å²) in [5, 5.41) is 3.29. The van der Waals surface area contributed by atoms with Gasteiger partial charge in [0.15, 0.2) is 0 Å². The molecule has 1 N–H and O–H groups in total. The average Bonchev–Trinajstić information content (AvgIpc) is 3.14. The summed E-state index contributed by atoms with van der Waals surface area (Å²) in [4.78, 5) is 12.1. The van der Waals surface area contributed by atoms with Crippen LogP contribution >= 0.6 is 0 Å². The van der Waals surface area contributed by atoms with Crippen molar-refractivity contribution in [3.05, 3.63) is 35.6 Å². The lowest BCUT2D eigenvalue weighted by Crippen LogP contribution is -2.48. The van der Waals surface area contributed by atoms with Crippen LogP contribution in [0, 0.1) is 5.82 Å². The summed E-state index contributed by atoms with van der Waals surface area (Å²) >= 11 is 0. The van der Waals surface area contributed by atoms with Gasteiger partial charge < -0.3 is 4.74 Å². The van der Waals surface area contributed by atoms with Gasteiger partial charge in [-0.1, -0.05) is 12.1 Å². The molecule has 1 fully saturated rings. The van der Waals surface area contributed by atoms with Gasteiger partial charge in [0.25, 0.3) is 0 Å². The number of nitrogens with one attached hydrogen (secondary N) is 1. The molecule has 1 aliphatic carbocycles. The third-order valence-corrected chi connectivity index (χ3v) is 3.18. The fourth-order valence-electron chi connectivity index (χ4n) is 1.95. The second kappa shape index (κ2) is 5.06. The van der Waals surface area contributed by atoms with E-state index in [0.29, 0.717) is 12.6 Å². The van der Waals surface area contributed by atoms with E-state index in [-0.39, 0.29) is 11.8 Å². The molecule has 2 rings (SSSR count). The predicted molar refractivity (Wildman–Crippen MR) is 66.5 cm³/mol. The summed E-state index contributed by atoms with van der Waals surface area (Å²) in [6.45, 7) is 3.90. The maximum absolute atomic E-state index is 13.0. The maximum atomic E-state index is 13.0. The largest absolute Gasteiger partial charge is 0.464 e. The first-order valence-electron chi connectivity index (χ1n) is 6.27. The molecule has 4 heteroatoms. The van der Waals surface area contributed by atoms with Gasteiger partial charge in [0.2, 0.25) is 0 Å². The van der Waals surface area contributed by atoms with Gasteiger partial charge in [-0.05, 0) is 44.4 Å². The first-order chi connectivity index (χ1) is 8.56. The van der Waals surface area contributed by atoms with Crippen molar-refractivity contribution >= 4 is 5.97 Å². The highest BCUT2D eigenvalue weighted by molar-refractivity contribution is 5.82. The molecule has 0 spiro atoms. The third kappa shape index (κ3) is 2.70. The van der Waals surface area contributed by atoms with Crippen LogP contribution in [0.3, 0.4) is 0 Å².